The Morgan fingerprint density at radius 1 is 0.969 bits per heavy atom. The fourth-order valence-electron chi connectivity index (χ4n) is 3.65. The minimum absolute atomic E-state index is 0.297. The van der Waals surface area contributed by atoms with Gasteiger partial charge in [-0.25, -0.2) is 8.42 Å². The van der Waals surface area contributed by atoms with Crippen LogP contribution in [0.5, 0.6) is 11.5 Å². The zero-order chi connectivity index (χ0) is 23.3. The maximum absolute atomic E-state index is 12.8. The minimum Gasteiger partial charge on any atom is -0.490 e. The van der Waals surface area contributed by atoms with Gasteiger partial charge < -0.3 is 9.47 Å². The van der Waals surface area contributed by atoms with Crippen LogP contribution in [0.3, 0.4) is 0 Å². The summed E-state index contributed by atoms with van der Waals surface area (Å²) in [6.07, 6.45) is 0.656. The Kier molecular flexibility index (Phi) is 7.61. The van der Waals surface area contributed by atoms with Gasteiger partial charge in [0.15, 0.2) is 11.5 Å². The van der Waals surface area contributed by atoms with Crippen molar-refractivity contribution in [2.75, 3.05) is 19.8 Å². The number of hydrogen-bond acceptors (Lipinski definition) is 5. The lowest BCUT2D eigenvalue weighted by Gasteiger charge is -2.12. The van der Waals surface area contributed by atoms with E-state index < -0.39 is 10.0 Å². The van der Waals surface area contributed by atoms with Gasteiger partial charge in [-0.2, -0.15) is 0 Å². The summed E-state index contributed by atoms with van der Waals surface area (Å²) in [6, 6.07) is 13.5. The Hall–Kier alpha value is -2.80. The summed E-state index contributed by atoms with van der Waals surface area (Å²) in [5, 5.41) is 0. The molecule has 1 heterocycles. The molecule has 172 valence electrons. The zero-order valence-electron chi connectivity index (χ0n) is 19.4. The lowest BCUT2D eigenvalue weighted by molar-refractivity contribution is 0.287. The Bertz CT molecular complexity index is 1120. The van der Waals surface area contributed by atoms with Gasteiger partial charge in [0.1, 0.15) is 10.7 Å². The van der Waals surface area contributed by atoms with Gasteiger partial charge in [-0.1, -0.05) is 44.2 Å². The zero-order valence-corrected chi connectivity index (χ0v) is 20.3. The molecule has 0 radical (unpaired) electrons. The number of benzene rings is 2. The molecular weight excluding hydrogens is 424 g/mol. The number of aliphatic imine (C=N–C) groups is 1. The van der Waals surface area contributed by atoms with E-state index in [0.717, 1.165) is 11.3 Å². The molecule has 32 heavy (non-hydrogen) atoms. The molecule has 0 amide bonds. The van der Waals surface area contributed by atoms with E-state index in [4.69, 9.17) is 9.47 Å². The molecule has 1 N–H and O–H groups in total. The molecule has 1 aliphatic rings. The van der Waals surface area contributed by atoms with Gasteiger partial charge >= 0.3 is 0 Å². The smallest absolute Gasteiger partial charge is 0.264 e. The SMILES string of the molecule is CCOc1ccc(CCN=C2NS(=O)(=O)C(c3ccc(C(C)C)cc3)=C2C)cc1OCC. The normalized spacial score (nSPS) is 16.5. The van der Waals surface area contributed by atoms with Crippen LogP contribution in [0.1, 0.15) is 57.2 Å². The van der Waals surface area contributed by atoms with Crippen LogP contribution < -0.4 is 14.2 Å². The number of nitrogens with zero attached hydrogens (tertiary/aromatic N) is 1. The Morgan fingerprint density at radius 2 is 1.62 bits per heavy atom. The summed E-state index contributed by atoms with van der Waals surface area (Å²) >= 11 is 0. The molecule has 2 aromatic rings. The average Bonchev–Trinajstić information content (AvgIpc) is 2.98. The highest BCUT2D eigenvalue weighted by Crippen LogP contribution is 2.31. The van der Waals surface area contributed by atoms with Crippen LogP contribution >= 0.6 is 0 Å². The fraction of sp³-hybridized carbons (Fsp3) is 0.400. The van der Waals surface area contributed by atoms with Gasteiger partial charge in [0.05, 0.1) is 13.2 Å². The van der Waals surface area contributed by atoms with Crippen LogP contribution in [0.2, 0.25) is 0 Å². The molecule has 6 nitrogen and oxygen atoms in total. The molecule has 0 aromatic heterocycles. The van der Waals surface area contributed by atoms with Crippen molar-refractivity contribution in [2.24, 2.45) is 4.99 Å². The molecule has 0 bridgehead atoms. The van der Waals surface area contributed by atoms with Crippen molar-refractivity contribution in [3.8, 4) is 11.5 Å². The van der Waals surface area contributed by atoms with Crippen LogP contribution in [0.15, 0.2) is 53.0 Å². The van der Waals surface area contributed by atoms with Crippen LogP contribution in [0.4, 0.5) is 0 Å². The van der Waals surface area contributed by atoms with Crippen molar-refractivity contribution in [1.82, 2.24) is 4.72 Å². The highest BCUT2D eigenvalue weighted by atomic mass is 32.2. The molecule has 0 unspecified atom stereocenters. The van der Waals surface area contributed by atoms with Crippen molar-refractivity contribution in [2.45, 2.75) is 47.0 Å². The summed E-state index contributed by atoms with van der Waals surface area (Å²) in [5.41, 5.74) is 3.54. The third kappa shape index (κ3) is 5.33. The van der Waals surface area contributed by atoms with E-state index in [-0.39, 0.29) is 0 Å². The molecule has 0 saturated carbocycles. The van der Waals surface area contributed by atoms with Crippen molar-refractivity contribution >= 4 is 20.8 Å². The summed E-state index contributed by atoms with van der Waals surface area (Å²) in [5.74, 6) is 2.23. The second kappa shape index (κ2) is 10.2. The van der Waals surface area contributed by atoms with Crippen LogP contribution in [-0.2, 0) is 16.4 Å². The number of nitrogens with one attached hydrogen (secondary N) is 1. The van der Waals surface area contributed by atoms with E-state index in [1.54, 1.807) is 6.92 Å². The van der Waals surface area contributed by atoms with Crippen LogP contribution in [0.25, 0.3) is 4.91 Å². The van der Waals surface area contributed by atoms with E-state index in [9.17, 15) is 8.42 Å². The largest absolute Gasteiger partial charge is 0.490 e. The van der Waals surface area contributed by atoms with E-state index in [1.807, 2.05) is 56.3 Å². The average molecular weight is 457 g/mol. The maximum Gasteiger partial charge on any atom is 0.264 e. The number of amidine groups is 1. The predicted octanol–water partition coefficient (Wildman–Crippen LogP) is 4.91. The minimum atomic E-state index is -3.63. The van der Waals surface area contributed by atoms with E-state index in [2.05, 4.69) is 23.6 Å². The molecule has 0 atom stereocenters. The molecule has 0 spiro atoms. The molecule has 0 fully saturated rings. The fourth-order valence-corrected chi connectivity index (χ4v) is 5.17. The van der Waals surface area contributed by atoms with Gasteiger partial charge in [0.25, 0.3) is 10.0 Å². The summed E-state index contributed by atoms with van der Waals surface area (Å²) in [6.45, 7) is 11.5. The van der Waals surface area contributed by atoms with Crippen molar-refractivity contribution in [1.29, 1.82) is 0 Å². The molecule has 0 saturated heterocycles. The third-order valence-corrected chi connectivity index (χ3v) is 6.85. The Labute approximate surface area is 191 Å². The first-order valence-electron chi connectivity index (χ1n) is 11.0. The maximum atomic E-state index is 12.8. The van der Waals surface area contributed by atoms with Crippen molar-refractivity contribution in [3.05, 3.63) is 64.7 Å². The van der Waals surface area contributed by atoms with E-state index in [1.165, 1.54) is 5.56 Å². The summed E-state index contributed by atoms with van der Waals surface area (Å²) < 4.78 is 39.4. The lowest BCUT2D eigenvalue weighted by Crippen LogP contribution is -2.24. The molecule has 2 aromatic carbocycles. The summed E-state index contributed by atoms with van der Waals surface area (Å²) in [4.78, 5) is 4.84. The third-order valence-electron chi connectivity index (χ3n) is 5.31. The number of sulfonamides is 1. The van der Waals surface area contributed by atoms with Crippen molar-refractivity contribution < 1.29 is 17.9 Å². The van der Waals surface area contributed by atoms with Gasteiger partial charge in [-0.05, 0) is 61.9 Å². The van der Waals surface area contributed by atoms with Gasteiger partial charge in [0, 0.05) is 12.1 Å². The molecule has 1 aliphatic heterocycles. The molecule has 0 aliphatic carbocycles. The molecular formula is C25H32N2O4S. The number of hydrogen-bond donors (Lipinski definition) is 1. The first-order chi connectivity index (χ1) is 15.3. The first kappa shape index (κ1) is 23.9. The molecule has 7 heteroatoms. The van der Waals surface area contributed by atoms with E-state index >= 15 is 0 Å². The van der Waals surface area contributed by atoms with Crippen molar-refractivity contribution in [3.63, 3.8) is 0 Å². The van der Waals surface area contributed by atoms with Gasteiger partial charge in [-0.3, -0.25) is 9.71 Å². The second-order valence-corrected chi connectivity index (χ2v) is 9.58. The Balaban J connectivity index is 1.78. The quantitative estimate of drug-likeness (QED) is 0.581. The first-order valence-corrected chi connectivity index (χ1v) is 12.5. The highest BCUT2D eigenvalue weighted by Gasteiger charge is 2.32. The molecule has 3 rings (SSSR count). The lowest BCUT2D eigenvalue weighted by atomic mass is 10.0. The van der Waals surface area contributed by atoms with Gasteiger partial charge in [-0.15, -0.1) is 0 Å². The number of ether oxygens (including phenoxy) is 2. The number of rotatable bonds is 9. The predicted molar refractivity (Wildman–Crippen MR) is 130 cm³/mol. The standard InChI is InChI=1S/C25H32N2O4S/c1-6-30-22-13-8-19(16-23(22)31-7-2)14-15-26-25-18(5)24(32(28,29)27-25)21-11-9-20(10-12-21)17(3)4/h8-13,16-17H,6-7,14-15H2,1-5H3,(H,26,27). The second-order valence-electron chi connectivity index (χ2n) is 7.96. The summed E-state index contributed by atoms with van der Waals surface area (Å²) in [7, 11) is -3.63. The highest BCUT2D eigenvalue weighted by molar-refractivity contribution is 8.00. The van der Waals surface area contributed by atoms with Crippen LogP contribution in [-0.4, -0.2) is 34.0 Å². The van der Waals surface area contributed by atoms with Crippen LogP contribution in [0, 0.1) is 0 Å². The monoisotopic (exact) mass is 456 g/mol. The van der Waals surface area contributed by atoms with Gasteiger partial charge in [0.2, 0.25) is 0 Å². The Morgan fingerprint density at radius 3 is 2.25 bits per heavy atom. The van der Waals surface area contributed by atoms with E-state index in [0.29, 0.717) is 59.7 Å². The topological polar surface area (TPSA) is 77.0 Å².